The predicted octanol–water partition coefficient (Wildman–Crippen LogP) is 1.73. The highest BCUT2D eigenvalue weighted by atomic mass is 16.5. The minimum atomic E-state index is -0.617. The van der Waals surface area contributed by atoms with Crippen molar-refractivity contribution in [1.29, 1.82) is 0 Å². The van der Waals surface area contributed by atoms with Gasteiger partial charge < -0.3 is 20.1 Å². The first kappa shape index (κ1) is 13.7. The molecule has 0 aliphatic carbocycles. The molecule has 0 radical (unpaired) electrons. The number of aliphatic hydroxyl groups is 1. The number of esters is 1. The van der Waals surface area contributed by atoms with Crippen molar-refractivity contribution in [3.63, 3.8) is 0 Å². The zero-order valence-electron chi connectivity index (χ0n) is 10.8. The molecule has 0 unspecified atom stereocenters. The van der Waals surface area contributed by atoms with Crippen molar-refractivity contribution in [2.75, 3.05) is 0 Å². The normalized spacial score (nSPS) is 24.4. The highest BCUT2D eigenvalue weighted by Crippen LogP contribution is 2.30. The summed E-state index contributed by atoms with van der Waals surface area (Å²) < 4.78 is 5.20. The molecule has 0 amide bonds. The average Bonchev–Trinajstić information content (AvgIpc) is 2.26. The number of cyclic esters (lactones) is 1. The molecule has 0 saturated carbocycles. The van der Waals surface area contributed by atoms with Crippen LogP contribution in [0.4, 0.5) is 0 Å². The Bertz CT molecular complexity index is 483. The molecule has 0 saturated heterocycles. The molecule has 0 spiro atoms. The Balaban J connectivity index is 2.39. The number of fused-ring (bicyclic) bond motifs is 1. The third-order valence-corrected chi connectivity index (χ3v) is 3.28. The lowest BCUT2D eigenvalue weighted by atomic mass is 9.97. The second-order valence-electron chi connectivity index (χ2n) is 5.00. The van der Waals surface area contributed by atoms with Crippen LogP contribution in [0.2, 0.25) is 0 Å². The smallest absolute Gasteiger partial charge is 0.342 e. The molecule has 0 bridgehead atoms. The molecular formula is C14H18O5. The predicted molar refractivity (Wildman–Crippen MR) is 68.2 cm³/mol. The van der Waals surface area contributed by atoms with E-state index in [2.05, 4.69) is 0 Å². The Labute approximate surface area is 111 Å². The van der Waals surface area contributed by atoms with Gasteiger partial charge in [0.25, 0.3) is 0 Å². The van der Waals surface area contributed by atoms with Crippen LogP contribution in [-0.4, -0.2) is 33.5 Å². The summed E-state index contributed by atoms with van der Waals surface area (Å²) in [5, 5.41) is 29.1. The summed E-state index contributed by atoms with van der Waals surface area (Å²) in [4.78, 5) is 12.0. The zero-order chi connectivity index (χ0) is 14.0. The van der Waals surface area contributed by atoms with Gasteiger partial charge in [0.15, 0.2) is 0 Å². The standard InChI is InChI=1S/C14H18O5/c1-8-5-10(15)4-2-3-9-6-11(16)7-12(17)13(9)14(18)19-8/h6-8,10,15-17H,2-5H2,1H3/t8-,10+/m1/s1. The van der Waals surface area contributed by atoms with Crippen molar-refractivity contribution >= 4 is 5.97 Å². The molecule has 2 rings (SSSR count). The van der Waals surface area contributed by atoms with Crippen LogP contribution in [0.25, 0.3) is 0 Å². The van der Waals surface area contributed by atoms with E-state index in [0.717, 1.165) is 6.07 Å². The molecule has 1 aliphatic rings. The first-order valence-electron chi connectivity index (χ1n) is 6.41. The van der Waals surface area contributed by atoms with Crippen LogP contribution in [0, 0.1) is 0 Å². The molecular weight excluding hydrogens is 248 g/mol. The van der Waals surface area contributed by atoms with Gasteiger partial charge in [-0.15, -0.1) is 0 Å². The molecule has 1 aliphatic heterocycles. The summed E-state index contributed by atoms with van der Waals surface area (Å²) in [7, 11) is 0. The lowest BCUT2D eigenvalue weighted by Gasteiger charge is -2.21. The van der Waals surface area contributed by atoms with E-state index < -0.39 is 18.2 Å². The number of carbonyl (C=O) groups is 1. The molecule has 1 aromatic rings. The molecule has 0 aromatic heterocycles. The van der Waals surface area contributed by atoms with E-state index >= 15 is 0 Å². The summed E-state index contributed by atoms with van der Waals surface area (Å²) in [6.45, 7) is 1.71. The fourth-order valence-electron chi connectivity index (χ4n) is 2.42. The Hall–Kier alpha value is -1.75. The monoisotopic (exact) mass is 266 g/mol. The van der Waals surface area contributed by atoms with Gasteiger partial charge in [-0.2, -0.15) is 0 Å². The van der Waals surface area contributed by atoms with Gasteiger partial charge in [-0.1, -0.05) is 0 Å². The first-order valence-corrected chi connectivity index (χ1v) is 6.41. The number of benzene rings is 1. The zero-order valence-corrected chi connectivity index (χ0v) is 10.8. The third kappa shape index (κ3) is 3.17. The van der Waals surface area contributed by atoms with E-state index in [0.29, 0.717) is 31.2 Å². The van der Waals surface area contributed by atoms with Gasteiger partial charge in [0.2, 0.25) is 0 Å². The van der Waals surface area contributed by atoms with Crippen molar-refractivity contribution in [2.45, 2.75) is 44.8 Å². The number of aryl methyl sites for hydroxylation is 1. The molecule has 5 nitrogen and oxygen atoms in total. The van der Waals surface area contributed by atoms with E-state index in [4.69, 9.17) is 4.74 Å². The van der Waals surface area contributed by atoms with Crippen molar-refractivity contribution < 1.29 is 24.9 Å². The maximum atomic E-state index is 12.0. The van der Waals surface area contributed by atoms with Crippen LogP contribution in [0.5, 0.6) is 11.5 Å². The number of hydrogen-bond donors (Lipinski definition) is 3. The molecule has 1 aromatic carbocycles. The minimum absolute atomic E-state index is 0.0882. The Morgan fingerprint density at radius 2 is 2.05 bits per heavy atom. The van der Waals surface area contributed by atoms with Crippen molar-refractivity contribution in [1.82, 2.24) is 0 Å². The van der Waals surface area contributed by atoms with E-state index in [9.17, 15) is 20.1 Å². The number of aliphatic hydroxyl groups excluding tert-OH is 1. The van der Waals surface area contributed by atoms with Gasteiger partial charge in [0.05, 0.1) is 6.10 Å². The van der Waals surface area contributed by atoms with Gasteiger partial charge >= 0.3 is 5.97 Å². The minimum Gasteiger partial charge on any atom is -0.508 e. The number of ether oxygens (including phenoxy) is 1. The third-order valence-electron chi connectivity index (χ3n) is 3.28. The van der Waals surface area contributed by atoms with E-state index in [-0.39, 0.29) is 17.1 Å². The van der Waals surface area contributed by atoms with E-state index in [1.807, 2.05) is 0 Å². The Morgan fingerprint density at radius 1 is 1.32 bits per heavy atom. The molecule has 1 heterocycles. The fraction of sp³-hybridized carbons (Fsp3) is 0.500. The van der Waals surface area contributed by atoms with Crippen LogP contribution in [0.3, 0.4) is 0 Å². The SMILES string of the molecule is C[C@@H]1C[C@@H](O)CCCc2cc(O)cc(O)c2C(=O)O1. The highest BCUT2D eigenvalue weighted by molar-refractivity contribution is 5.94. The average molecular weight is 266 g/mol. The molecule has 3 N–H and O–H groups in total. The quantitative estimate of drug-likeness (QED) is 0.622. The van der Waals surface area contributed by atoms with Crippen molar-refractivity contribution in [2.24, 2.45) is 0 Å². The Morgan fingerprint density at radius 3 is 2.79 bits per heavy atom. The summed E-state index contributed by atoms with van der Waals surface area (Å²) in [6, 6.07) is 2.58. The van der Waals surface area contributed by atoms with Crippen LogP contribution in [-0.2, 0) is 11.2 Å². The second kappa shape index (κ2) is 5.48. The van der Waals surface area contributed by atoms with Gasteiger partial charge in [0.1, 0.15) is 23.2 Å². The molecule has 2 atom stereocenters. The lowest BCUT2D eigenvalue weighted by Crippen LogP contribution is -2.23. The van der Waals surface area contributed by atoms with E-state index in [1.165, 1.54) is 6.07 Å². The van der Waals surface area contributed by atoms with Crippen molar-refractivity contribution in [3.8, 4) is 11.5 Å². The number of carbonyl (C=O) groups excluding carboxylic acids is 1. The number of hydrogen-bond acceptors (Lipinski definition) is 5. The van der Waals surface area contributed by atoms with E-state index in [1.54, 1.807) is 6.92 Å². The van der Waals surface area contributed by atoms with Crippen LogP contribution >= 0.6 is 0 Å². The second-order valence-corrected chi connectivity index (χ2v) is 5.00. The topological polar surface area (TPSA) is 87.0 Å². The number of rotatable bonds is 0. The largest absolute Gasteiger partial charge is 0.508 e. The highest BCUT2D eigenvalue weighted by Gasteiger charge is 2.24. The van der Waals surface area contributed by atoms with Crippen LogP contribution < -0.4 is 0 Å². The summed E-state index contributed by atoms with van der Waals surface area (Å²) in [6.07, 6.45) is 1.24. The molecule has 104 valence electrons. The molecule has 0 fully saturated rings. The van der Waals surface area contributed by atoms with Crippen LogP contribution in [0.15, 0.2) is 12.1 Å². The lowest BCUT2D eigenvalue weighted by molar-refractivity contribution is 0.0177. The van der Waals surface area contributed by atoms with Crippen LogP contribution in [0.1, 0.15) is 42.1 Å². The molecule has 19 heavy (non-hydrogen) atoms. The van der Waals surface area contributed by atoms with Gasteiger partial charge in [-0.25, -0.2) is 4.79 Å². The first-order chi connectivity index (χ1) is 8.97. The Kier molecular flexibility index (Phi) is 3.95. The maximum Gasteiger partial charge on any atom is 0.342 e. The summed E-state index contributed by atoms with van der Waals surface area (Å²) in [5.41, 5.74) is 0.657. The van der Waals surface area contributed by atoms with Gasteiger partial charge in [0, 0.05) is 12.5 Å². The molecule has 5 heteroatoms. The maximum absolute atomic E-state index is 12.0. The fourth-order valence-corrected chi connectivity index (χ4v) is 2.42. The van der Waals surface area contributed by atoms with Gasteiger partial charge in [-0.3, -0.25) is 0 Å². The number of phenolic OH excluding ortho intramolecular Hbond substituents is 2. The number of aromatic hydroxyl groups is 2. The summed E-state index contributed by atoms with van der Waals surface area (Å²) >= 11 is 0. The van der Waals surface area contributed by atoms with Gasteiger partial charge in [-0.05, 0) is 37.8 Å². The van der Waals surface area contributed by atoms with Crippen molar-refractivity contribution in [3.05, 3.63) is 23.3 Å². The number of phenols is 2. The summed E-state index contributed by atoms with van der Waals surface area (Å²) in [5.74, 6) is -0.975.